The molecule has 1 amide bonds. The Balaban J connectivity index is 2.05. The van der Waals surface area contributed by atoms with Crippen molar-refractivity contribution in [1.82, 2.24) is 10.6 Å². The highest BCUT2D eigenvalue weighted by Crippen LogP contribution is 2.29. The number of nitrogens with one attached hydrogen (secondary N) is 2. The molecule has 0 spiro atoms. The lowest BCUT2D eigenvalue weighted by Gasteiger charge is -2.37. The molecular weight excluding hydrogens is 168 g/mol. The zero-order valence-corrected chi connectivity index (χ0v) is 7.45. The van der Waals surface area contributed by atoms with Gasteiger partial charge in [0.15, 0.2) is 0 Å². The molecule has 1 aliphatic heterocycles. The second-order valence-electron chi connectivity index (χ2n) is 3.84. The molecule has 72 valence electrons. The summed E-state index contributed by atoms with van der Waals surface area (Å²) in [5.41, 5.74) is 0. The van der Waals surface area contributed by atoms with E-state index < -0.39 is 0 Å². The lowest BCUT2D eigenvalue weighted by Crippen LogP contribution is -2.56. The van der Waals surface area contributed by atoms with Gasteiger partial charge in [0.2, 0.25) is 5.91 Å². The number of rotatable bonds is 1. The van der Waals surface area contributed by atoms with Crippen molar-refractivity contribution in [2.75, 3.05) is 6.67 Å². The Hall–Kier alpha value is -0.900. The van der Waals surface area contributed by atoms with Crippen LogP contribution in [-0.2, 0) is 9.59 Å². The Bertz CT molecular complexity index is 230. The predicted octanol–water partition coefficient (Wildman–Crippen LogP) is -0.353. The molecule has 4 nitrogen and oxygen atoms in total. The van der Waals surface area contributed by atoms with Crippen LogP contribution in [0.3, 0.4) is 0 Å². The van der Waals surface area contributed by atoms with Gasteiger partial charge >= 0.3 is 0 Å². The van der Waals surface area contributed by atoms with Gasteiger partial charge in [0.1, 0.15) is 6.29 Å². The number of fused-ring (bicyclic) bond motifs is 1. The molecule has 0 aromatic rings. The number of carbonyl (C=O) groups is 2. The fourth-order valence-electron chi connectivity index (χ4n) is 2.26. The zero-order valence-electron chi connectivity index (χ0n) is 7.45. The molecule has 1 saturated heterocycles. The van der Waals surface area contributed by atoms with Crippen LogP contribution in [0.25, 0.3) is 0 Å². The van der Waals surface area contributed by atoms with Gasteiger partial charge in [-0.3, -0.25) is 10.1 Å². The van der Waals surface area contributed by atoms with Gasteiger partial charge in [0, 0.05) is 12.0 Å². The van der Waals surface area contributed by atoms with Crippen molar-refractivity contribution < 1.29 is 9.59 Å². The summed E-state index contributed by atoms with van der Waals surface area (Å²) in [6.45, 7) is 0.575. The molecule has 1 aliphatic carbocycles. The minimum atomic E-state index is 0.0118. The summed E-state index contributed by atoms with van der Waals surface area (Å²) in [6, 6.07) is 0.296. The minimum Gasteiger partial charge on any atom is -0.343 e. The maximum atomic E-state index is 11.4. The third-order valence-electron chi connectivity index (χ3n) is 3.05. The van der Waals surface area contributed by atoms with Crippen molar-refractivity contribution in [1.29, 1.82) is 0 Å². The van der Waals surface area contributed by atoms with Crippen molar-refractivity contribution in [3.63, 3.8) is 0 Å². The zero-order chi connectivity index (χ0) is 9.26. The fraction of sp³-hybridized carbons (Fsp3) is 0.778. The van der Waals surface area contributed by atoms with Crippen molar-refractivity contribution >= 4 is 12.2 Å². The highest BCUT2D eigenvalue weighted by molar-refractivity contribution is 5.80. The van der Waals surface area contributed by atoms with Gasteiger partial charge in [-0.05, 0) is 19.3 Å². The summed E-state index contributed by atoms with van der Waals surface area (Å²) >= 11 is 0. The van der Waals surface area contributed by atoms with E-state index in [0.717, 1.165) is 19.1 Å². The van der Waals surface area contributed by atoms with Crippen LogP contribution >= 0.6 is 0 Å². The quantitative estimate of drug-likeness (QED) is 0.545. The molecule has 0 aromatic heterocycles. The fourth-order valence-corrected chi connectivity index (χ4v) is 2.26. The molecule has 0 bridgehead atoms. The maximum Gasteiger partial charge on any atom is 0.225 e. The van der Waals surface area contributed by atoms with Crippen LogP contribution in [0.5, 0.6) is 0 Å². The molecule has 13 heavy (non-hydrogen) atoms. The SMILES string of the molecule is O=CC1CCC2NCNC(=O)C2C1. The van der Waals surface area contributed by atoms with Crippen LogP contribution < -0.4 is 10.6 Å². The Kier molecular flexibility index (Phi) is 2.31. The van der Waals surface area contributed by atoms with Crippen molar-refractivity contribution in [2.24, 2.45) is 11.8 Å². The standard InChI is InChI=1S/C9H14N2O2/c12-4-6-1-2-8-7(3-6)9(13)11-5-10-8/h4,6-8,10H,1-3,5H2,(H,11,13). The number of amides is 1. The largest absolute Gasteiger partial charge is 0.343 e. The third-order valence-corrected chi connectivity index (χ3v) is 3.05. The van der Waals surface area contributed by atoms with Gasteiger partial charge in [0.25, 0.3) is 0 Å². The van der Waals surface area contributed by atoms with E-state index in [1.807, 2.05) is 0 Å². The van der Waals surface area contributed by atoms with E-state index in [4.69, 9.17) is 0 Å². The summed E-state index contributed by atoms with van der Waals surface area (Å²) < 4.78 is 0. The second-order valence-corrected chi connectivity index (χ2v) is 3.84. The smallest absolute Gasteiger partial charge is 0.225 e. The Labute approximate surface area is 77.1 Å². The van der Waals surface area contributed by atoms with Gasteiger partial charge in [-0.25, -0.2) is 0 Å². The lowest BCUT2D eigenvalue weighted by molar-refractivity contribution is -0.130. The summed E-state index contributed by atoms with van der Waals surface area (Å²) in [5.74, 6) is 0.208. The van der Waals surface area contributed by atoms with E-state index in [-0.39, 0.29) is 17.7 Å². The minimum absolute atomic E-state index is 0.0118. The first-order chi connectivity index (χ1) is 6.31. The van der Waals surface area contributed by atoms with Gasteiger partial charge in [-0.15, -0.1) is 0 Å². The van der Waals surface area contributed by atoms with Crippen molar-refractivity contribution in [3.8, 4) is 0 Å². The monoisotopic (exact) mass is 182 g/mol. The van der Waals surface area contributed by atoms with Crippen molar-refractivity contribution in [2.45, 2.75) is 25.3 Å². The molecule has 2 rings (SSSR count). The van der Waals surface area contributed by atoms with Crippen LogP contribution in [0.2, 0.25) is 0 Å². The first kappa shape index (κ1) is 8.69. The molecule has 1 saturated carbocycles. The van der Waals surface area contributed by atoms with Gasteiger partial charge < -0.3 is 10.1 Å². The Morgan fingerprint density at radius 1 is 1.38 bits per heavy atom. The number of carbonyl (C=O) groups excluding carboxylic acids is 2. The molecule has 3 atom stereocenters. The number of hydrogen-bond donors (Lipinski definition) is 2. The van der Waals surface area contributed by atoms with Gasteiger partial charge in [0.05, 0.1) is 12.6 Å². The molecular formula is C9H14N2O2. The molecule has 1 heterocycles. The Morgan fingerprint density at radius 3 is 3.00 bits per heavy atom. The van der Waals surface area contributed by atoms with E-state index in [1.165, 1.54) is 0 Å². The van der Waals surface area contributed by atoms with E-state index in [1.54, 1.807) is 0 Å². The topological polar surface area (TPSA) is 58.2 Å². The lowest BCUT2D eigenvalue weighted by atomic mass is 9.77. The van der Waals surface area contributed by atoms with Crippen LogP contribution in [-0.4, -0.2) is 24.9 Å². The average molecular weight is 182 g/mol. The summed E-state index contributed by atoms with van der Waals surface area (Å²) in [5, 5.41) is 6.01. The van der Waals surface area contributed by atoms with Crippen LogP contribution in [0.1, 0.15) is 19.3 Å². The van der Waals surface area contributed by atoms with E-state index in [9.17, 15) is 9.59 Å². The van der Waals surface area contributed by atoms with Gasteiger partial charge in [-0.1, -0.05) is 0 Å². The molecule has 3 unspecified atom stereocenters. The number of hydrogen-bond acceptors (Lipinski definition) is 3. The number of aldehydes is 1. The van der Waals surface area contributed by atoms with E-state index >= 15 is 0 Å². The molecule has 0 radical (unpaired) electrons. The van der Waals surface area contributed by atoms with E-state index in [0.29, 0.717) is 19.1 Å². The second kappa shape index (κ2) is 3.46. The summed E-state index contributed by atoms with van der Waals surface area (Å²) in [6.07, 6.45) is 3.57. The Morgan fingerprint density at radius 2 is 2.23 bits per heavy atom. The van der Waals surface area contributed by atoms with Crippen LogP contribution in [0.15, 0.2) is 0 Å². The van der Waals surface area contributed by atoms with E-state index in [2.05, 4.69) is 10.6 Å². The summed E-state index contributed by atoms with van der Waals surface area (Å²) in [4.78, 5) is 22.0. The van der Waals surface area contributed by atoms with Crippen molar-refractivity contribution in [3.05, 3.63) is 0 Å². The third kappa shape index (κ3) is 1.58. The average Bonchev–Trinajstić information content (AvgIpc) is 2.18. The maximum absolute atomic E-state index is 11.4. The first-order valence-electron chi connectivity index (χ1n) is 4.77. The first-order valence-corrected chi connectivity index (χ1v) is 4.77. The molecule has 4 heteroatoms. The molecule has 2 aliphatic rings. The van der Waals surface area contributed by atoms with Gasteiger partial charge in [-0.2, -0.15) is 0 Å². The van der Waals surface area contributed by atoms with Crippen LogP contribution in [0, 0.1) is 11.8 Å². The highest BCUT2D eigenvalue weighted by Gasteiger charge is 2.36. The van der Waals surface area contributed by atoms with Crippen LogP contribution in [0.4, 0.5) is 0 Å². The summed E-state index contributed by atoms with van der Waals surface area (Å²) in [7, 11) is 0. The highest BCUT2D eigenvalue weighted by atomic mass is 16.2. The normalized spacial score (nSPS) is 39.1. The molecule has 2 fully saturated rings. The molecule has 0 aromatic carbocycles. The molecule has 2 N–H and O–H groups in total. The predicted molar refractivity (Wildman–Crippen MR) is 46.8 cm³/mol.